The Morgan fingerprint density at radius 1 is 0.765 bits per heavy atom. The minimum absolute atomic E-state index is 0. The summed E-state index contributed by atoms with van der Waals surface area (Å²) in [5.41, 5.74) is 2.25. The van der Waals surface area contributed by atoms with Crippen LogP contribution in [0.3, 0.4) is 0 Å². The largest absolute Gasteiger partial charge is 0.416 e. The zero-order chi connectivity index (χ0) is 23.0. The zero-order valence-corrected chi connectivity index (χ0v) is 25.6. The molecule has 0 fully saturated rings. The molecule has 1 unspecified atom stereocenters. The Morgan fingerprint density at radius 3 is 1.59 bits per heavy atom. The van der Waals surface area contributed by atoms with Crippen LogP contribution in [0.4, 0.5) is 13.2 Å². The van der Waals surface area contributed by atoms with E-state index in [1.54, 1.807) is 11.3 Å². The van der Waals surface area contributed by atoms with Crippen LogP contribution in [0.5, 0.6) is 0 Å². The number of hydrogen-bond donors (Lipinski definition) is 0. The SMILES string of the molecule is Brc1csc(Br)c1.FC(F)(F)c1ccc(-c2cc(Br)cs2)cc1.O.O.P.[B]c1ccc(C)cc1. The summed E-state index contributed by atoms with van der Waals surface area (Å²) in [4.78, 5) is 0.945. The third-order valence-corrected chi connectivity index (χ3v) is 7.68. The van der Waals surface area contributed by atoms with Crippen molar-refractivity contribution in [2.45, 2.75) is 13.1 Å². The molecule has 184 valence electrons. The molecule has 2 heterocycles. The first kappa shape index (κ1) is 35.6. The van der Waals surface area contributed by atoms with E-state index in [1.807, 2.05) is 54.1 Å². The average molecular weight is 721 g/mol. The molecule has 0 aliphatic rings. The Morgan fingerprint density at radius 2 is 1.26 bits per heavy atom. The lowest BCUT2D eigenvalue weighted by molar-refractivity contribution is -0.137. The van der Waals surface area contributed by atoms with Crippen molar-refractivity contribution in [3.05, 3.63) is 95.3 Å². The first-order chi connectivity index (χ1) is 14.5. The van der Waals surface area contributed by atoms with Gasteiger partial charge in [-0.25, -0.2) is 0 Å². The van der Waals surface area contributed by atoms with Crippen LogP contribution in [-0.2, 0) is 6.18 Å². The lowest BCUT2D eigenvalue weighted by atomic mass is 9.96. The van der Waals surface area contributed by atoms with Crippen LogP contribution in [0, 0.1) is 6.92 Å². The molecule has 0 saturated carbocycles. The van der Waals surface area contributed by atoms with Crippen LogP contribution in [0.1, 0.15) is 11.1 Å². The summed E-state index contributed by atoms with van der Waals surface area (Å²) < 4.78 is 40.2. The Bertz CT molecular complexity index is 1050. The summed E-state index contributed by atoms with van der Waals surface area (Å²) in [6.07, 6.45) is -4.27. The number of halogens is 6. The van der Waals surface area contributed by atoms with Gasteiger partial charge in [-0.2, -0.15) is 23.1 Å². The van der Waals surface area contributed by atoms with Gasteiger partial charge in [-0.3, -0.25) is 0 Å². The highest BCUT2D eigenvalue weighted by Gasteiger charge is 2.29. The van der Waals surface area contributed by atoms with E-state index in [0.717, 1.165) is 37.0 Å². The minimum Gasteiger partial charge on any atom is -0.412 e. The van der Waals surface area contributed by atoms with Crippen LogP contribution >= 0.6 is 80.4 Å². The maximum absolute atomic E-state index is 12.3. The van der Waals surface area contributed by atoms with Crippen molar-refractivity contribution in [3.8, 4) is 10.4 Å². The molecule has 0 saturated heterocycles. The molecule has 4 aromatic rings. The van der Waals surface area contributed by atoms with Gasteiger partial charge in [0.15, 0.2) is 0 Å². The number of hydrogen-bond acceptors (Lipinski definition) is 2. The first-order valence-electron chi connectivity index (χ1n) is 8.68. The van der Waals surface area contributed by atoms with Gasteiger partial charge in [0, 0.05) is 24.6 Å². The van der Waals surface area contributed by atoms with E-state index < -0.39 is 11.7 Å². The fourth-order valence-corrected chi connectivity index (χ4v) is 5.56. The van der Waals surface area contributed by atoms with Crippen LogP contribution in [0.25, 0.3) is 10.4 Å². The standard InChI is InChI=1S/C11H6BrF3S.C7H7B.C4H2Br2S.2H2O.H3P/c12-9-5-10(16-6-9)7-1-3-8(4-2-7)11(13,14)15;1-6-2-4-7(8)5-3-6;5-3-1-4(6)7-2-3;;;/h1-6H;2-5H,1H3;1-2H;2*1H2;1H3. The summed E-state index contributed by atoms with van der Waals surface area (Å²) in [5.74, 6) is 0. The molecule has 0 bridgehead atoms. The number of aryl methyl sites for hydroxylation is 1. The van der Waals surface area contributed by atoms with E-state index in [2.05, 4.69) is 47.8 Å². The molecule has 0 aliphatic heterocycles. The normalized spacial score (nSPS) is 9.62. The van der Waals surface area contributed by atoms with E-state index in [0.29, 0.717) is 0 Å². The monoisotopic (exact) mass is 718 g/mol. The molecule has 4 rings (SSSR count). The van der Waals surface area contributed by atoms with Crippen LogP contribution in [0.15, 0.2) is 84.2 Å². The molecule has 4 N–H and O–H groups in total. The summed E-state index contributed by atoms with van der Waals surface area (Å²) in [5, 5.41) is 3.93. The second kappa shape index (κ2) is 17.0. The molecule has 0 spiro atoms. The van der Waals surface area contributed by atoms with Crippen molar-refractivity contribution in [3.63, 3.8) is 0 Å². The number of thiophene rings is 2. The maximum atomic E-state index is 12.3. The predicted molar refractivity (Wildman–Crippen MR) is 157 cm³/mol. The second-order valence-corrected chi connectivity index (χ2v) is 11.2. The van der Waals surface area contributed by atoms with E-state index >= 15 is 0 Å². The highest BCUT2D eigenvalue weighted by atomic mass is 79.9. The maximum Gasteiger partial charge on any atom is 0.416 e. The van der Waals surface area contributed by atoms with Crippen molar-refractivity contribution in [2.24, 2.45) is 0 Å². The van der Waals surface area contributed by atoms with E-state index in [-0.39, 0.29) is 20.9 Å². The van der Waals surface area contributed by atoms with Gasteiger partial charge < -0.3 is 11.0 Å². The van der Waals surface area contributed by atoms with Crippen molar-refractivity contribution < 1.29 is 24.1 Å². The van der Waals surface area contributed by atoms with E-state index in [9.17, 15) is 13.2 Å². The van der Waals surface area contributed by atoms with Gasteiger partial charge in [0.1, 0.15) is 7.85 Å². The molecular formula is C22H22BBr3F3O2PS2. The fraction of sp³-hybridized carbons (Fsp3) is 0.0909. The van der Waals surface area contributed by atoms with Gasteiger partial charge in [0.2, 0.25) is 0 Å². The highest BCUT2D eigenvalue weighted by Crippen LogP contribution is 2.33. The number of rotatable bonds is 1. The van der Waals surface area contributed by atoms with Crippen LogP contribution in [0.2, 0.25) is 0 Å². The predicted octanol–water partition coefficient (Wildman–Crippen LogP) is 7.67. The molecule has 2 radical (unpaired) electrons. The molecular weight excluding hydrogens is 699 g/mol. The Hall–Kier alpha value is -0.515. The molecule has 2 aromatic heterocycles. The smallest absolute Gasteiger partial charge is 0.412 e. The molecule has 1 atom stereocenters. The van der Waals surface area contributed by atoms with Gasteiger partial charge in [-0.15, -0.1) is 22.7 Å². The number of alkyl halides is 3. The van der Waals surface area contributed by atoms with Crippen molar-refractivity contribution in [1.82, 2.24) is 0 Å². The highest BCUT2D eigenvalue weighted by molar-refractivity contribution is 9.11. The summed E-state index contributed by atoms with van der Waals surface area (Å²) >= 11 is 13.1. The Balaban J connectivity index is 0. The molecule has 34 heavy (non-hydrogen) atoms. The zero-order valence-electron chi connectivity index (χ0n) is 17.8. The van der Waals surface area contributed by atoms with Gasteiger partial charge in [0.25, 0.3) is 0 Å². The van der Waals surface area contributed by atoms with Crippen molar-refractivity contribution in [2.75, 3.05) is 0 Å². The molecule has 0 amide bonds. The summed E-state index contributed by atoms with van der Waals surface area (Å²) in [6, 6.07) is 16.9. The third-order valence-electron chi connectivity index (χ3n) is 3.68. The molecule has 2 nitrogen and oxygen atoms in total. The molecule has 0 aliphatic carbocycles. The lowest BCUT2D eigenvalue weighted by Gasteiger charge is -2.06. The minimum atomic E-state index is -4.27. The van der Waals surface area contributed by atoms with Gasteiger partial charge in [-0.05, 0) is 84.5 Å². The van der Waals surface area contributed by atoms with Gasteiger partial charge in [0.05, 0.1) is 9.35 Å². The molecule has 2 aromatic carbocycles. The third kappa shape index (κ3) is 13.0. The quantitative estimate of drug-likeness (QED) is 0.143. The molecule has 12 heteroatoms. The Kier molecular flexibility index (Phi) is 17.9. The first-order valence-corrected chi connectivity index (χ1v) is 12.8. The van der Waals surface area contributed by atoms with Crippen molar-refractivity contribution >= 4 is 93.7 Å². The lowest BCUT2D eigenvalue weighted by Crippen LogP contribution is -2.03. The fourth-order valence-electron chi connectivity index (χ4n) is 2.14. The average Bonchev–Trinajstić information content (AvgIpc) is 3.32. The number of benzene rings is 2. The second-order valence-electron chi connectivity index (χ2n) is 6.18. The van der Waals surface area contributed by atoms with Crippen LogP contribution < -0.4 is 5.46 Å². The Labute approximate surface area is 235 Å². The summed E-state index contributed by atoms with van der Waals surface area (Å²) in [6.45, 7) is 2.04. The van der Waals surface area contributed by atoms with Gasteiger partial charge in [-0.1, -0.05) is 47.4 Å². The summed E-state index contributed by atoms with van der Waals surface area (Å²) in [7, 11) is 5.43. The van der Waals surface area contributed by atoms with Gasteiger partial charge >= 0.3 is 6.18 Å². The van der Waals surface area contributed by atoms with E-state index in [1.165, 1.54) is 32.8 Å². The van der Waals surface area contributed by atoms with Crippen LogP contribution in [-0.4, -0.2) is 18.8 Å². The van der Waals surface area contributed by atoms with E-state index in [4.69, 9.17) is 7.85 Å². The van der Waals surface area contributed by atoms with Crippen molar-refractivity contribution in [1.29, 1.82) is 0 Å². The topological polar surface area (TPSA) is 63.0 Å².